The van der Waals surface area contributed by atoms with Gasteiger partial charge in [0.15, 0.2) is 0 Å². The molecule has 2 atom stereocenters. The molecule has 0 aromatic rings. The lowest BCUT2D eigenvalue weighted by atomic mass is 9.94. The fourth-order valence-corrected chi connectivity index (χ4v) is 2.48. The Balaban J connectivity index is 2.27. The highest BCUT2D eigenvalue weighted by atomic mass is 15.1. The van der Waals surface area contributed by atoms with Crippen LogP contribution in [0.1, 0.15) is 40.5 Å². The summed E-state index contributed by atoms with van der Waals surface area (Å²) in [5, 5.41) is 0. The van der Waals surface area contributed by atoms with Gasteiger partial charge in [-0.3, -0.25) is 0 Å². The van der Waals surface area contributed by atoms with Crippen molar-refractivity contribution in [2.75, 3.05) is 20.1 Å². The molecule has 0 aromatic carbocycles. The van der Waals surface area contributed by atoms with Crippen LogP contribution in [0, 0.1) is 17.3 Å². The maximum Gasteiger partial charge on any atom is 0.00119 e. The third kappa shape index (κ3) is 2.98. The maximum absolute atomic E-state index is 2.46. The van der Waals surface area contributed by atoms with Crippen LogP contribution in [0.4, 0.5) is 0 Å². The number of hydrogen-bond acceptors (Lipinski definition) is 1. The normalized spacial score (nSPS) is 33.0. The van der Waals surface area contributed by atoms with E-state index in [-0.39, 0.29) is 0 Å². The van der Waals surface area contributed by atoms with Gasteiger partial charge >= 0.3 is 0 Å². The first-order valence-corrected chi connectivity index (χ1v) is 5.66. The van der Waals surface area contributed by atoms with Gasteiger partial charge in [-0.2, -0.15) is 0 Å². The predicted octanol–water partition coefficient (Wildman–Crippen LogP) is 3.01. The molecule has 78 valence electrons. The molecule has 2 unspecified atom stereocenters. The minimum atomic E-state index is 0.678. The molecule has 1 saturated carbocycles. The first-order chi connectivity index (χ1) is 5.98. The number of hydrogen-bond donors (Lipinski definition) is 0. The van der Waals surface area contributed by atoms with Crippen molar-refractivity contribution in [2.24, 2.45) is 17.3 Å². The van der Waals surface area contributed by atoms with Gasteiger partial charge in [0.1, 0.15) is 0 Å². The van der Waals surface area contributed by atoms with E-state index in [1.54, 1.807) is 0 Å². The van der Waals surface area contributed by atoms with Crippen molar-refractivity contribution in [1.29, 1.82) is 0 Å². The number of nitrogens with zero attached hydrogens (tertiary/aromatic N) is 1. The SMILES string of the molecule is CCN(C)CC1CC1(C)CC(C)C. The molecule has 0 saturated heterocycles. The summed E-state index contributed by atoms with van der Waals surface area (Å²) in [4.78, 5) is 2.44. The van der Waals surface area contributed by atoms with Crippen molar-refractivity contribution >= 4 is 0 Å². The summed E-state index contributed by atoms with van der Waals surface area (Å²) >= 11 is 0. The van der Waals surface area contributed by atoms with Crippen LogP contribution in [-0.4, -0.2) is 25.0 Å². The van der Waals surface area contributed by atoms with Crippen LogP contribution in [0.2, 0.25) is 0 Å². The molecule has 1 nitrogen and oxygen atoms in total. The van der Waals surface area contributed by atoms with Gasteiger partial charge in [0.25, 0.3) is 0 Å². The molecule has 1 aliphatic rings. The summed E-state index contributed by atoms with van der Waals surface area (Å²) in [6.45, 7) is 11.9. The van der Waals surface area contributed by atoms with Crippen molar-refractivity contribution in [2.45, 2.75) is 40.5 Å². The smallest absolute Gasteiger partial charge is 0.00119 e. The minimum Gasteiger partial charge on any atom is -0.306 e. The molecule has 0 spiro atoms. The maximum atomic E-state index is 2.46. The predicted molar refractivity (Wildman–Crippen MR) is 58.8 cm³/mol. The van der Waals surface area contributed by atoms with Crippen LogP contribution in [0.15, 0.2) is 0 Å². The molecule has 0 N–H and O–H groups in total. The van der Waals surface area contributed by atoms with Crippen LogP contribution in [0.5, 0.6) is 0 Å². The van der Waals surface area contributed by atoms with E-state index in [9.17, 15) is 0 Å². The molecule has 0 amide bonds. The largest absolute Gasteiger partial charge is 0.306 e. The zero-order valence-corrected chi connectivity index (χ0v) is 9.93. The monoisotopic (exact) mass is 183 g/mol. The molecule has 1 fully saturated rings. The van der Waals surface area contributed by atoms with E-state index < -0.39 is 0 Å². The van der Waals surface area contributed by atoms with E-state index in [1.165, 1.54) is 25.9 Å². The molecule has 0 aromatic heterocycles. The Kier molecular flexibility index (Phi) is 3.39. The molecular weight excluding hydrogens is 158 g/mol. The molecule has 1 rings (SSSR count). The van der Waals surface area contributed by atoms with Gasteiger partial charge in [0.05, 0.1) is 0 Å². The Morgan fingerprint density at radius 3 is 2.54 bits per heavy atom. The average molecular weight is 183 g/mol. The molecule has 0 aliphatic heterocycles. The average Bonchev–Trinajstić information content (AvgIpc) is 2.59. The summed E-state index contributed by atoms with van der Waals surface area (Å²) in [5.41, 5.74) is 0.678. The van der Waals surface area contributed by atoms with Gasteiger partial charge in [0, 0.05) is 6.54 Å². The van der Waals surface area contributed by atoms with E-state index in [1.807, 2.05) is 0 Å². The van der Waals surface area contributed by atoms with Crippen LogP contribution in [-0.2, 0) is 0 Å². The third-order valence-electron chi connectivity index (χ3n) is 3.48. The second kappa shape index (κ2) is 4.00. The molecule has 13 heavy (non-hydrogen) atoms. The number of rotatable bonds is 5. The van der Waals surface area contributed by atoms with E-state index in [2.05, 4.69) is 39.6 Å². The standard InChI is InChI=1S/C12H25N/c1-6-13(5)9-11-8-12(11,4)7-10(2)3/h10-11H,6-9H2,1-5H3. The van der Waals surface area contributed by atoms with Crippen LogP contribution < -0.4 is 0 Å². The van der Waals surface area contributed by atoms with Crippen molar-refractivity contribution in [3.8, 4) is 0 Å². The van der Waals surface area contributed by atoms with Crippen molar-refractivity contribution < 1.29 is 0 Å². The van der Waals surface area contributed by atoms with Gasteiger partial charge in [0.2, 0.25) is 0 Å². The van der Waals surface area contributed by atoms with E-state index >= 15 is 0 Å². The fraction of sp³-hybridized carbons (Fsp3) is 1.00. The molecule has 1 heteroatoms. The third-order valence-corrected chi connectivity index (χ3v) is 3.48. The molecule has 0 heterocycles. The van der Waals surface area contributed by atoms with Crippen LogP contribution >= 0.6 is 0 Å². The lowest BCUT2D eigenvalue weighted by Crippen LogP contribution is -2.22. The quantitative estimate of drug-likeness (QED) is 0.633. The second-order valence-electron chi connectivity index (χ2n) is 5.51. The Hall–Kier alpha value is -0.0400. The summed E-state index contributed by atoms with van der Waals surface area (Å²) in [6, 6.07) is 0. The lowest BCUT2D eigenvalue weighted by molar-refractivity contribution is 0.294. The van der Waals surface area contributed by atoms with E-state index in [0.717, 1.165) is 11.8 Å². The minimum absolute atomic E-state index is 0.678. The molecule has 0 bridgehead atoms. The van der Waals surface area contributed by atoms with Gasteiger partial charge in [-0.1, -0.05) is 27.7 Å². The Labute approximate surface area is 83.5 Å². The highest BCUT2D eigenvalue weighted by Crippen LogP contribution is 2.56. The van der Waals surface area contributed by atoms with E-state index in [0.29, 0.717) is 5.41 Å². The first-order valence-electron chi connectivity index (χ1n) is 5.66. The summed E-state index contributed by atoms with van der Waals surface area (Å²) < 4.78 is 0. The molecule has 1 aliphatic carbocycles. The zero-order valence-electron chi connectivity index (χ0n) is 9.93. The Morgan fingerprint density at radius 1 is 1.46 bits per heavy atom. The zero-order chi connectivity index (χ0) is 10.1. The topological polar surface area (TPSA) is 3.24 Å². The van der Waals surface area contributed by atoms with E-state index in [4.69, 9.17) is 0 Å². The Morgan fingerprint density at radius 2 is 2.08 bits per heavy atom. The van der Waals surface area contributed by atoms with Gasteiger partial charge < -0.3 is 4.90 Å². The Bertz CT molecular complexity index is 165. The summed E-state index contributed by atoms with van der Waals surface area (Å²) in [6.07, 6.45) is 2.87. The summed E-state index contributed by atoms with van der Waals surface area (Å²) in [5.74, 6) is 1.83. The van der Waals surface area contributed by atoms with Crippen LogP contribution in [0.25, 0.3) is 0 Å². The van der Waals surface area contributed by atoms with Crippen LogP contribution in [0.3, 0.4) is 0 Å². The lowest BCUT2D eigenvalue weighted by Gasteiger charge is -2.18. The van der Waals surface area contributed by atoms with Crippen molar-refractivity contribution in [3.63, 3.8) is 0 Å². The highest BCUT2D eigenvalue weighted by Gasteiger charge is 2.49. The molecular formula is C12H25N. The van der Waals surface area contributed by atoms with Gasteiger partial charge in [-0.15, -0.1) is 0 Å². The van der Waals surface area contributed by atoms with Gasteiger partial charge in [-0.05, 0) is 43.7 Å². The first kappa shape index (κ1) is 11.0. The second-order valence-corrected chi connectivity index (χ2v) is 5.51. The van der Waals surface area contributed by atoms with Gasteiger partial charge in [-0.25, -0.2) is 0 Å². The fourth-order valence-electron chi connectivity index (χ4n) is 2.48. The van der Waals surface area contributed by atoms with Crippen molar-refractivity contribution in [1.82, 2.24) is 4.90 Å². The highest BCUT2D eigenvalue weighted by molar-refractivity contribution is 5.00. The molecule has 0 radical (unpaired) electrons. The summed E-state index contributed by atoms with van der Waals surface area (Å²) in [7, 11) is 2.23. The van der Waals surface area contributed by atoms with Crippen molar-refractivity contribution in [3.05, 3.63) is 0 Å².